The molecule has 0 heterocycles. The minimum atomic E-state index is -4.40. The summed E-state index contributed by atoms with van der Waals surface area (Å²) in [7, 11) is 1.20. The first-order valence-electron chi connectivity index (χ1n) is 6.62. The highest BCUT2D eigenvalue weighted by molar-refractivity contribution is 5.80. The van der Waals surface area contributed by atoms with Crippen molar-refractivity contribution in [2.75, 3.05) is 20.3 Å². The van der Waals surface area contributed by atoms with E-state index in [1.165, 1.54) is 31.4 Å². The van der Waals surface area contributed by atoms with Gasteiger partial charge in [-0.25, -0.2) is 4.79 Å². The van der Waals surface area contributed by atoms with Gasteiger partial charge in [0, 0.05) is 0 Å². The zero-order valence-corrected chi connectivity index (χ0v) is 12.6. The summed E-state index contributed by atoms with van der Waals surface area (Å²) < 4.78 is 45.1. The monoisotopic (exact) mass is 334 g/mol. The summed E-state index contributed by atoms with van der Waals surface area (Å²) in [5.74, 6) is -0.507. The van der Waals surface area contributed by atoms with Gasteiger partial charge in [0.2, 0.25) is 0 Å². The third-order valence-electron chi connectivity index (χ3n) is 2.75. The van der Waals surface area contributed by atoms with Gasteiger partial charge in [0.15, 0.2) is 6.61 Å². The Balaban J connectivity index is 2.49. The van der Waals surface area contributed by atoms with Gasteiger partial charge in [-0.15, -0.1) is 0 Å². The standard InChI is InChI=1S/C14H17F3N2O4/c1-9(19-13(21)18-7-12(20)22-2)10-3-5-11(6-4-10)23-8-14(15,16)17/h3-6,9H,7-8H2,1-2H3,(H2,18,19,21)/t9-/m0/s1. The highest BCUT2D eigenvalue weighted by atomic mass is 19.4. The zero-order valence-electron chi connectivity index (χ0n) is 12.6. The number of hydrogen-bond acceptors (Lipinski definition) is 4. The molecular formula is C14H17F3N2O4. The van der Waals surface area contributed by atoms with Crippen LogP contribution in [0.15, 0.2) is 24.3 Å². The number of nitrogens with one attached hydrogen (secondary N) is 2. The molecule has 0 radical (unpaired) electrons. The van der Waals surface area contributed by atoms with Crippen LogP contribution in [0.2, 0.25) is 0 Å². The summed E-state index contributed by atoms with van der Waals surface area (Å²) in [5.41, 5.74) is 0.664. The van der Waals surface area contributed by atoms with Gasteiger partial charge in [0.1, 0.15) is 12.3 Å². The number of alkyl halides is 3. The first-order chi connectivity index (χ1) is 10.7. The van der Waals surface area contributed by atoms with E-state index in [4.69, 9.17) is 0 Å². The molecule has 0 saturated heterocycles. The fourth-order valence-corrected chi connectivity index (χ4v) is 1.57. The molecule has 0 saturated carbocycles. The van der Waals surface area contributed by atoms with Gasteiger partial charge in [-0.2, -0.15) is 13.2 Å². The second kappa shape index (κ2) is 8.25. The van der Waals surface area contributed by atoms with Gasteiger partial charge >= 0.3 is 18.2 Å². The van der Waals surface area contributed by atoms with Crippen molar-refractivity contribution in [1.29, 1.82) is 0 Å². The van der Waals surface area contributed by atoms with E-state index in [1.807, 2.05) is 0 Å². The largest absolute Gasteiger partial charge is 0.484 e. The molecule has 6 nitrogen and oxygen atoms in total. The lowest BCUT2D eigenvalue weighted by Crippen LogP contribution is -2.39. The van der Waals surface area contributed by atoms with Crippen LogP contribution in [-0.2, 0) is 9.53 Å². The quantitative estimate of drug-likeness (QED) is 0.782. The lowest BCUT2D eigenvalue weighted by molar-refractivity contribution is -0.153. The molecule has 1 atom stereocenters. The van der Waals surface area contributed by atoms with Crippen LogP contribution in [0.1, 0.15) is 18.5 Å². The number of hydrogen-bond donors (Lipinski definition) is 2. The molecule has 0 aliphatic carbocycles. The number of rotatable bonds is 6. The molecule has 2 amide bonds. The first-order valence-corrected chi connectivity index (χ1v) is 6.62. The fourth-order valence-electron chi connectivity index (χ4n) is 1.57. The van der Waals surface area contributed by atoms with E-state index in [-0.39, 0.29) is 12.3 Å². The van der Waals surface area contributed by atoms with Crippen LogP contribution in [0.5, 0.6) is 5.75 Å². The van der Waals surface area contributed by atoms with Crippen molar-refractivity contribution in [3.63, 3.8) is 0 Å². The Kier molecular flexibility index (Phi) is 6.67. The van der Waals surface area contributed by atoms with Crippen LogP contribution in [0.4, 0.5) is 18.0 Å². The van der Waals surface area contributed by atoms with Gasteiger partial charge < -0.3 is 20.1 Å². The highest BCUT2D eigenvalue weighted by Crippen LogP contribution is 2.20. The third kappa shape index (κ3) is 7.39. The molecule has 23 heavy (non-hydrogen) atoms. The van der Waals surface area contributed by atoms with E-state index in [2.05, 4.69) is 20.1 Å². The van der Waals surface area contributed by atoms with Gasteiger partial charge in [-0.3, -0.25) is 4.79 Å². The molecule has 1 aromatic carbocycles. The van der Waals surface area contributed by atoms with E-state index < -0.39 is 30.8 Å². The number of urea groups is 1. The van der Waals surface area contributed by atoms with E-state index >= 15 is 0 Å². The van der Waals surface area contributed by atoms with Gasteiger partial charge in [-0.05, 0) is 24.6 Å². The second-order valence-corrected chi connectivity index (χ2v) is 4.60. The highest BCUT2D eigenvalue weighted by Gasteiger charge is 2.28. The Morgan fingerprint density at radius 1 is 1.22 bits per heavy atom. The average molecular weight is 334 g/mol. The SMILES string of the molecule is COC(=O)CNC(=O)N[C@@H](C)c1ccc(OCC(F)(F)F)cc1. The average Bonchev–Trinajstić information content (AvgIpc) is 2.50. The summed E-state index contributed by atoms with van der Waals surface area (Å²) in [6.07, 6.45) is -4.40. The maximum absolute atomic E-state index is 12.0. The van der Waals surface area contributed by atoms with Crippen LogP contribution in [-0.4, -0.2) is 38.4 Å². The van der Waals surface area contributed by atoms with Crippen molar-refractivity contribution in [2.24, 2.45) is 0 Å². The molecule has 0 spiro atoms. The summed E-state index contributed by atoms with van der Waals surface area (Å²) >= 11 is 0. The molecular weight excluding hydrogens is 317 g/mol. The lowest BCUT2D eigenvalue weighted by atomic mass is 10.1. The molecule has 128 valence electrons. The zero-order chi connectivity index (χ0) is 17.5. The molecule has 1 aromatic rings. The molecule has 0 aliphatic heterocycles. The number of ether oxygens (including phenoxy) is 2. The Bertz CT molecular complexity index is 532. The van der Waals surface area contributed by atoms with Crippen molar-refractivity contribution in [2.45, 2.75) is 19.1 Å². The Morgan fingerprint density at radius 2 is 1.83 bits per heavy atom. The Labute approximate surface area is 130 Å². The maximum atomic E-state index is 12.0. The minimum absolute atomic E-state index is 0.0772. The van der Waals surface area contributed by atoms with Crippen molar-refractivity contribution in [3.05, 3.63) is 29.8 Å². The van der Waals surface area contributed by atoms with Crippen LogP contribution in [0, 0.1) is 0 Å². The smallest absolute Gasteiger partial charge is 0.422 e. The van der Waals surface area contributed by atoms with Crippen molar-refractivity contribution in [1.82, 2.24) is 10.6 Å². The molecule has 2 N–H and O–H groups in total. The number of esters is 1. The van der Waals surface area contributed by atoms with Crippen molar-refractivity contribution in [3.8, 4) is 5.75 Å². The Morgan fingerprint density at radius 3 is 2.35 bits per heavy atom. The molecule has 9 heteroatoms. The molecule has 0 fully saturated rings. The predicted octanol–water partition coefficient (Wildman–Crippen LogP) is 2.16. The van der Waals surface area contributed by atoms with Crippen LogP contribution >= 0.6 is 0 Å². The Hall–Kier alpha value is -2.45. The van der Waals surface area contributed by atoms with Crippen LogP contribution in [0.25, 0.3) is 0 Å². The third-order valence-corrected chi connectivity index (χ3v) is 2.75. The van der Waals surface area contributed by atoms with Crippen LogP contribution in [0.3, 0.4) is 0 Å². The van der Waals surface area contributed by atoms with Gasteiger partial charge in [0.25, 0.3) is 0 Å². The van der Waals surface area contributed by atoms with E-state index in [9.17, 15) is 22.8 Å². The number of amides is 2. The lowest BCUT2D eigenvalue weighted by Gasteiger charge is -2.15. The van der Waals surface area contributed by atoms with E-state index in [0.29, 0.717) is 5.56 Å². The summed E-state index contributed by atoms with van der Waals surface area (Å²) in [6, 6.07) is 4.86. The molecule has 0 unspecified atom stereocenters. The fraction of sp³-hybridized carbons (Fsp3) is 0.429. The van der Waals surface area contributed by atoms with Gasteiger partial charge in [-0.1, -0.05) is 12.1 Å². The molecule has 1 rings (SSSR count). The number of methoxy groups -OCH3 is 1. The van der Waals surface area contributed by atoms with E-state index in [0.717, 1.165) is 0 Å². The molecule has 0 aromatic heterocycles. The first kappa shape index (κ1) is 18.6. The predicted molar refractivity (Wildman–Crippen MR) is 75.0 cm³/mol. The van der Waals surface area contributed by atoms with Gasteiger partial charge in [0.05, 0.1) is 13.2 Å². The number of benzene rings is 1. The van der Waals surface area contributed by atoms with Crippen molar-refractivity contribution >= 4 is 12.0 Å². The summed E-state index contributed by atoms with van der Waals surface area (Å²) in [6.45, 7) is 0.0542. The number of carbonyl (C=O) groups excluding carboxylic acids is 2. The maximum Gasteiger partial charge on any atom is 0.422 e. The molecule has 0 bridgehead atoms. The van der Waals surface area contributed by atoms with Crippen LogP contribution < -0.4 is 15.4 Å². The topological polar surface area (TPSA) is 76.7 Å². The molecule has 0 aliphatic rings. The van der Waals surface area contributed by atoms with Crippen molar-refractivity contribution < 1.29 is 32.2 Å². The summed E-state index contributed by atoms with van der Waals surface area (Å²) in [5, 5.41) is 4.88. The minimum Gasteiger partial charge on any atom is -0.484 e. The normalized spacial score (nSPS) is 12.2. The summed E-state index contributed by atoms with van der Waals surface area (Å²) in [4.78, 5) is 22.4. The van der Waals surface area contributed by atoms with E-state index in [1.54, 1.807) is 6.92 Å². The second-order valence-electron chi connectivity index (χ2n) is 4.60. The number of halogens is 3. The number of carbonyl (C=O) groups is 2.